The second kappa shape index (κ2) is 5.20. The van der Waals surface area contributed by atoms with Crippen molar-refractivity contribution in [3.8, 4) is 0 Å². The van der Waals surface area contributed by atoms with Crippen LogP contribution in [0, 0.1) is 0 Å². The summed E-state index contributed by atoms with van der Waals surface area (Å²) in [6.07, 6.45) is 3.93. The molecule has 7 nitrogen and oxygen atoms in total. The van der Waals surface area contributed by atoms with Crippen LogP contribution in [0.15, 0.2) is 35.4 Å². The van der Waals surface area contributed by atoms with Crippen LogP contribution in [-0.2, 0) is 23.9 Å². The van der Waals surface area contributed by atoms with Crippen LogP contribution in [0.4, 0.5) is 0 Å². The predicted octanol–water partition coefficient (Wildman–Crippen LogP) is -0.228. The lowest BCUT2D eigenvalue weighted by Gasteiger charge is -2.14. The van der Waals surface area contributed by atoms with Gasteiger partial charge in [0, 0.05) is 25.3 Å². The van der Waals surface area contributed by atoms with Gasteiger partial charge in [-0.1, -0.05) is 0 Å². The van der Waals surface area contributed by atoms with Crippen molar-refractivity contribution in [2.75, 3.05) is 27.8 Å². The Morgan fingerprint density at radius 2 is 1.95 bits per heavy atom. The minimum absolute atomic E-state index is 0.0937. The molecule has 3 amide bonds. The smallest absolute Gasteiger partial charge is 0.293 e. The Kier molecular flexibility index (Phi) is 3.60. The molecule has 0 aromatic heterocycles. The summed E-state index contributed by atoms with van der Waals surface area (Å²) in [6, 6.07) is 0. The molecule has 7 heteroatoms. The maximum atomic E-state index is 12.1. The summed E-state index contributed by atoms with van der Waals surface area (Å²) in [5.41, 5.74) is 0.371. The van der Waals surface area contributed by atoms with Crippen molar-refractivity contribution in [2.45, 2.75) is 0 Å². The highest BCUT2D eigenvalue weighted by atomic mass is 16.5. The number of carbonyl (C=O) groups is 3. The molecule has 2 heterocycles. The second-order valence-corrected chi connectivity index (χ2v) is 4.22. The van der Waals surface area contributed by atoms with Crippen LogP contribution < -0.4 is 0 Å². The largest absolute Gasteiger partial charge is 0.499 e. The Bertz CT molecular complexity index is 573. The summed E-state index contributed by atoms with van der Waals surface area (Å²) in [5.74, 6) is -0.719. The highest BCUT2D eigenvalue weighted by Crippen LogP contribution is 2.20. The number of allylic oxidation sites excluding steroid dienone is 1. The topological polar surface area (TPSA) is 76.1 Å². The van der Waals surface area contributed by atoms with Gasteiger partial charge in [0.2, 0.25) is 0 Å². The Balaban J connectivity index is 2.17. The number of hydrogen-bond donors (Lipinski definition) is 0. The van der Waals surface area contributed by atoms with E-state index < -0.39 is 11.8 Å². The number of methoxy groups -OCH3 is 2. The van der Waals surface area contributed by atoms with Crippen molar-refractivity contribution in [1.82, 2.24) is 9.80 Å². The highest BCUT2D eigenvalue weighted by Gasteiger charge is 2.30. The van der Waals surface area contributed by atoms with Gasteiger partial charge in [0.25, 0.3) is 17.7 Å². The van der Waals surface area contributed by atoms with Gasteiger partial charge < -0.3 is 14.4 Å². The Morgan fingerprint density at radius 3 is 2.45 bits per heavy atom. The predicted molar refractivity (Wildman–Crippen MR) is 67.8 cm³/mol. The Labute approximate surface area is 115 Å². The first kappa shape index (κ1) is 13.9. The van der Waals surface area contributed by atoms with E-state index in [1.807, 2.05) is 0 Å². The number of imide groups is 1. The van der Waals surface area contributed by atoms with Crippen LogP contribution in [0.1, 0.15) is 0 Å². The normalized spacial score (nSPS) is 20.4. The van der Waals surface area contributed by atoms with E-state index in [0.29, 0.717) is 11.5 Å². The standard InChI is InChI=1S/C13H14N2O5/c1-14-8(4-10(20-3)13(14)18)5-11(16)15-7-9(19-2)6-12(15)17/h4-6H,7H2,1-3H3/b8-5-. The molecule has 0 atom stereocenters. The summed E-state index contributed by atoms with van der Waals surface area (Å²) in [7, 11) is 4.33. The van der Waals surface area contributed by atoms with E-state index in [1.54, 1.807) is 0 Å². The van der Waals surface area contributed by atoms with E-state index >= 15 is 0 Å². The maximum absolute atomic E-state index is 12.1. The van der Waals surface area contributed by atoms with Crippen LogP contribution in [0.25, 0.3) is 0 Å². The van der Waals surface area contributed by atoms with Crippen LogP contribution in [-0.4, -0.2) is 55.3 Å². The fourth-order valence-electron chi connectivity index (χ4n) is 1.87. The molecule has 0 N–H and O–H groups in total. The number of carbonyl (C=O) groups excluding carboxylic acids is 3. The van der Waals surface area contributed by atoms with Crippen molar-refractivity contribution in [2.24, 2.45) is 0 Å². The number of nitrogens with zero attached hydrogens (tertiary/aromatic N) is 2. The monoisotopic (exact) mass is 278 g/mol. The van der Waals surface area contributed by atoms with Gasteiger partial charge in [0.15, 0.2) is 5.76 Å². The van der Waals surface area contributed by atoms with Crippen molar-refractivity contribution in [3.05, 3.63) is 35.4 Å². The van der Waals surface area contributed by atoms with Crippen LogP contribution in [0.2, 0.25) is 0 Å². The highest BCUT2D eigenvalue weighted by molar-refractivity contribution is 6.08. The molecule has 2 aliphatic heterocycles. The molecule has 0 aromatic rings. The van der Waals surface area contributed by atoms with Crippen LogP contribution in [0.5, 0.6) is 0 Å². The van der Waals surface area contributed by atoms with Crippen molar-refractivity contribution in [1.29, 1.82) is 0 Å². The minimum Gasteiger partial charge on any atom is -0.499 e. The van der Waals surface area contributed by atoms with Gasteiger partial charge in [-0.15, -0.1) is 0 Å². The van der Waals surface area contributed by atoms with Crippen LogP contribution in [0.3, 0.4) is 0 Å². The number of rotatable bonds is 3. The van der Waals surface area contributed by atoms with Crippen molar-refractivity contribution >= 4 is 17.7 Å². The molecule has 0 aliphatic carbocycles. The fourth-order valence-corrected chi connectivity index (χ4v) is 1.87. The molecular weight excluding hydrogens is 264 g/mol. The summed E-state index contributed by atoms with van der Waals surface area (Å²) in [6.45, 7) is 0.0937. The Hall–Kier alpha value is -2.57. The third-order valence-corrected chi connectivity index (χ3v) is 3.07. The first-order valence-corrected chi connectivity index (χ1v) is 5.83. The molecule has 0 bridgehead atoms. The third-order valence-electron chi connectivity index (χ3n) is 3.07. The van der Waals surface area contributed by atoms with Gasteiger partial charge in [0.1, 0.15) is 5.76 Å². The molecule has 0 unspecified atom stereocenters. The first-order valence-electron chi connectivity index (χ1n) is 5.83. The Morgan fingerprint density at radius 1 is 1.25 bits per heavy atom. The second-order valence-electron chi connectivity index (χ2n) is 4.22. The molecule has 0 radical (unpaired) electrons. The first-order chi connectivity index (χ1) is 9.47. The molecular formula is C13H14N2O5. The van der Waals surface area contributed by atoms with E-state index in [-0.39, 0.29) is 18.2 Å². The van der Waals surface area contributed by atoms with Crippen LogP contribution >= 0.6 is 0 Å². The lowest BCUT2D eigenvalue weighted by Crippen LogP contribution is -2.32. The summed E-state index contributed by atoms with van der Waals surface area (Å²) in [5, 5.41) is 0. The van der Waals surface area contributed by atoms with E-state index in [2.05, 4.69) is 0 Å². The summed E-state index contributed by atoms with van der Waals surface area (Å²) >= 11 is 0. The number of ether oxygens (including phenoxy) is 2. The summed E-state index contributed by atoms with van der Waals surface area (Å²) in [4.78, 5) is 37.7. The molecule has 106 valence electrons. The van der Waals surface area contributed by atoms with E-state index in [0.717, 1.165) is 4.90 Å². The zero-order valence-electron chi connectivity index (χ0n) is 11.4. The average Bonchev–Trinajstić information content (AvgIpc) is 2.93. The number of hydrogen-bond acceptors (Lipinski definition) is 5. The SMILES string of the molecule is COC1=CC(=O)N(C(=O)/C=C2/C=C(OC)C(=O)N2C)C1. The quantitative estimate of drug-likeness (QED) is 0.667. The molecule has 2 rings (SSSR count). The van der Waals surface area contributed by atoms with Gasteiger partial charge in [-0.25, -0.2) is 0 Å². The number of amides is 3. The molecule has 0 spiro atoms. The third kappa shape index (κ3) is 2.29. The summed E-state index contributed by atoms with van der Waals surface area (Å²) < 4.78 is 9.83. The minimum atomic E-state index is -0.512. The average molecular weight is 278 g/mol. The van der Waals surface area contributed by atoms with Gasteiger partial charge in [-0.3, -0.25) is 19.3 Å². The van der Waals surface area contributed by atoms with Crippen molar-refractivity contribution in [3.63, 3.8) is 0 Å². The van der Waals surface area contributed by atoms with E-state index in [9.17, 15) is 14.4 Å². The zero-order chi connectivity index (χ0) is 14.9. The van der Waals surface area contributed by atoms with Gasteiger partial charge in [0.05, 0.1) is 26.5 Å². The van der Waals surface area contributed by atoms with E-state index in [1.165, 1.54) is 44.4 Å². The molecule has 0 saturated carbocycles. The number of likely N-dealkylation sites (N-methyl/N-ethyl adjacent to an activating group) is 1. The van der Waals surface area contributed by atoms with Gasteiger partial charge in [-0.05, 0) is 0 Å². The molecule has 0 saturated heterocycles. The zero-order valence-corrected chi connectivity index (χ0v) is 11.4. The van der Waals surface area contributed by atoms with E-state index in [4.69, 9.17) is 9.47 Å². The molecule has 2 aliphatic rings. The van der Waals surface area contributed by atoms with Crippen molar-refractivity contribution < 1.29 is 23.9 Å². The molecule has 0 fully saturated rings. The molecule has 0 aromatic carbocycles. The molecule has 20 heavy (non-hydrogen) atoms. The van der Waals surface area contributed by atoms with Gasteiger partial charge >= 0.3 is 0 Å². The lowest BCUT2D eigenvalue weighted by molar-refractivity contribution is -0.137. The fraction of sp³-hybridized carbons (Fsp3) is 0.308. The lowest BCUT2D eigenvalue weighted by atomic mass is 10.3. The maximum Gasteiger partial charge on any atom is 0.293 e. The van der Waals surface area contributed by atoms with Gasteiger partial charge in [-0.2, -0.15) is 0 Å².